The molecule has 1 aliphatic rings. The van der Waals surface area contributed by atoms with E-state index in [4.69, 9.17) is 19.9 Å². The van der Waals surface area contributed by atoms with Crippen LogP contribution >= 0.6 is 0 Å². The molecule has 0 spiro atoms. The van der Waals surface area contributed by atoms with Crippen LogP contribution in [0.4, 0.5) is 11.5 Å². The molecule has 10 nitrogen and oxygen atoms in total. The first-order chi connectivity index (χ1) is 16.9. The Hall–Kier alpha value is -4.21. The van der Waals surface area contributed by atoms with E-state index < -0.39 is 5.91 Å². The van der Waals surface area contributed by atoms with Gasteiger partial charge in [0.05, 0.1) is 32.6 Å². The van der Waals surface area contributed by atoms with Gasteiger partial charge < -0.3 is 24.8 Å². The Morgan fingerprint density at radius 2 is 2.06 bits per heavy atom. The summed E-state index contributed by atoms with van der Waals surface area (Å²) in [6, 6.07) is 11.4. The monoisotopic (exact) mass is 478 g/mol. The highest BCUT2D eigenvalue weighted by Gasteiger charge is 2.31. The van der Waals surface area contributed by atoms with Gasteiger partial charge in [-0.05, 0) is 19.9 Å². The summed E-state index contributed by atoms with van der Waals surface area (Å²) < 4.78 is 18.4. The number of hydrogen-bond donors (Lipinski definition) is 1. The molecule has 0 saturated heterocycles. The summed E-state index contributed by atoms with van der Waals surface area (Å²) in [6.45, 7) is 6.23. The van der Waals surface area contributed by atoms with Gasteiger partial charge in [0, 0.05) is 37.0 Å². The Bertz CT molecular complexity index is 1220. The SMILES string of the molecule is CCN(CCn1cc(N2COC(c3cccc(C)c3)=C2C(N)=O)cn1)c1cc(OC)cc(OC)n1. The maximum Gasteiger partial charge on any atom is 0.269 e. The number of carbonyl (C=O) groups excluding carboxylic acids is 1. The molecule has 0 saturated carbocycles. The fraction of sp³-hybridized carbons (Fsp3) is 0.320. The lowest BCUT2D eigenvalue weighted by Crippen LogP contribution is -2.29. The maximum atomic E-state index is 12.4. The van der Waals surface area contributed by atoms with Crippen molar-refractivity contribution in [1.29, 1.82) is 0 Å². The Labute approximate surface area is 204 Å². The number of amides is 1. The second kappa shape index (κ2) is 10.4. The average Bonchev–Trinajstić information content (AvgIpc) is 3.51. The Kier molecular flexibility index (Phi) is 7.09. The molecule has 2 aromatic heterocycles. The van der Waals surface area contributed by atoms with Gasteiger partial charge in [-0.15, -0.1) is 0 Å². The normalized spacial score (nSPS) is 13.1. The highest BCUT2D eigenvalue weighted by molar-refractivity contribution is 6.03. The van der Waals surface area contributed by atoms with Gasteiger partial charge in [0.1, 0.15) is 11.6 Å². The number of aryl methyl sites for hydroxylation is 1. The molecule has 184 valence electrons. The van der Waals surface area contributed by atoms with E-state index in [0.717, 1.165) is 29.2 Å². The number of rotatable bonds is 10. The summed E-state index contributed by atoms with van der Waals surface area (Å²) in [5, 5.41) is 4.48. The van der Waals surface area contributed by atoms with Crippen molar-refractivity contribution in [3.05, 3.63) is 65.6 Å². The van der Waals surface area contributed by atoms with Crippen molar-refractivity contribution in [3.8, 4) is 11.6 Å². The first-order valence-electron chi connectivity index (χ1n) is 11.3. The van der Waals surface area contributed by atoms with Gasteiger partial charge in [-0.2, -0.15) is 10.1 Å². The van der Waals surface area contributed by atoms with Crippen molar-refractivity contribution in [2.45, 2.75) is 20.4 Å². The number of benzene rings is 1. The number of aromatic nitrogens is 3. The quantitative estimate of drug-likeness (QED) is 0.474. The lowest BCUT2D eigenvalue weighted by Gasteiger charge is -2.22. The van der Waals surface area contributed by atoms with Crippen LogP contribution in [0.1, 0.15) is 18.1 Å². The number of primary amides is 1. The minimum atomic E-state index is -0.554. The molecule has 35 heavy (non-hydrogen) atoms. The van der Waals surface area contributed by atoms with E-state index >= 15 is 0 Å². The highest BCUT2D eigenvalue weighted by atomic mass is 16.5. The molecule has 0 atom stereocenters. The summed E-state index contributed by atoms with van der Waals surface area (Å²) >= 11 is 0. The van der Waals surface area contributed by atoms with Crippen molar-refractivity contribution in [2.75, 3.05) is 43.8 Å². The molecule has 1 aromatic carbocycles. The van der Waals surface area contributed by atoms with Gasteiger partial charge in [0.25, 0.3) is 5.91 Å². The summed E-state index contributed by atoms with van der Waals surface area (Å²) in [4.78, 5) is 20.7. The fourth-order valence-electron chi connectivity index (χ4n) is 3.96. The molecule has 0 bridgehead atoms. The topological polar surface area (TPSA) is 108 Å². The molecular formula is C25H30N6O4. The van der Waals surface area contributed by atoms with E-state index in [1.54, 1.807) is 31.4 Å². The summed E-state index contributed by atoms with van der Waals surface area (Å²) in [7, 11) is 3.19. The van der Waals surface area contributed by atoms with Crippen LogP contribution in [0.25, 0.3) is 5.76 Å². The number of nitrogens with zero attached hydrogens (tertiary/aromatic N) is 5. The van der Waals surface area contributed by atoms with Crippen molar-refractivity contribution < 1.29 is 19.0 Å². The standard InChI is InChI=1S/C25H30N6O4/c1-5-29(21-12-20(33-3)13-22(28-21)34-4)9-10-30-15-19(14-27-30)31-16-35-24(23(31)25(26)32)18-8-6-7-17(2)11-18/h6-8,11-15H,5,9-10,16H2,1-4H3,(H2,26,32). The van der Waals surface area contributed by atoms with E-state index in [1.807, 2.05) is 48.1 Å². The molecule has 1 amide bonds. The number of likely N-dealkylation sites (N-methyl/N-ethyl adjacent to an activating group) is 1. The lowest BCUT2D eigenvalue weighted by molar-refractivity contribution is -0.114. The zero-order chi connectivity index (χ0) is 24.9. The molecule has 0 radical (unpaired) electrons. The van der Waals surface area contributed by atoms with Crippen LogP contribution in [0, 0.1) is 6.92 Å². The summed E-state index contributed by atoms with van der Waals surface area (Å²) in [6.07, 6.45) is 3.58. The largest absolute Gasteiger partial charge is 0.496 e. The van der Waals surface area contributed by atoms with E-state index in [0.29, 0.717) is 36.2 Å². The van der Waals surface area contributed by atoms with Crippen molar-refractivity contribution >= 4 is 23.2 Å². The molecule has 1 aliphatic heterocycles. The zero-order valence-corrected chi connectivity index (χ0v) is 20.4. The minimum absolute atomic E-state index is 0.182. The molecule has 0 fully saturated rings. The van der Waals surface area contributed by atoms with Crippen molar-refractivity contribution in [3.63, 3.8) is 0 Å². The van der Waals surface area contributed by atoms with Gasteiger partial charge in [-0.25, -0.2) is 0 Å². The van der Waals surface area contributed by atoms with Crippen LogP contribution in [0.15, 0.2) is 54.5 Å². The number of carbonyl (C=O) groups is 1. The molecular weight excluding hydrogens is 448 g/mol. The first kappa shape index (κ1) is 23.9. The average molecular weight is 479 g/mol. The fourth-order valence-corrected chi connectivity index (χ4v) is 3.96. The van der Waals surface area contributed by atoms with Crippen molar-refractivity contribution in [2.24, 2.45) is 5.73 Å². The maximum absolute atomic E-state index is 12.4. The van der Waals surface area contributed by atoms with Gasteiger partial charge >= 0.3 is 0 Å². The summed E-state index contributed by atoms with van der Waals surface area (Å²) in [5.41, 5.74) is 8.67. The number of methoxy groups -OCH3 is 2. The smallest absolute Gasteiger partial charge is 0.269 e. The molecule has 10 heteroatoms. The van der Waals surface area contributed by atoms with Crippen LogP contribution in [-0.2, 0) is 16.1 Å². The number of ether oxygens (including phenoxy) is 3. The third-order valence-electron chi connectivity index (χ3n) is 5.78. The number of anilines is 2. The van der Waals surface area contributed by atoms with Crippen LogP contribution in [0.2, 0.25) is 0 Å². The molecule has 2 N–H and O–H groups in total. The number of nitrogens with two attached hydrogens (primary N) is 1. The van der Waals surface area contributed by atoms with E-state index in [9.17, 15) is 4.79 Å². The molecule has 0 aliphatic carbocycles. The van der Waals surface area contributed by atoms with Gasteiger partial charge in [0.15, 0.2) is 18.2 Å². The summed E-state index contributed by atoms with van der Waals surface area (Å²) in [5.74, 6) is 1.84. The third kappa shape index (κ3) is 5.16. The second-order valence-electron chi connectivity index (χ2n) is 8.06. The predicted molar refractivity (Wildman–Crippen MR) is 133 cm³/mol. The van der Waals surface area contributed by atoms with Crippen LogP contribution in [0.5, 0.6) is 11.6 Å². The molecule has 4 rings (SSSR count). The Morgan fingerprint density at radius 3 is 2.74 bits per heavy atom. The van der Waals surface area contributed by atoms with Gasteiger partial charge in [0.2, 0.25) is 5.88 Å². The lowest BCUT2D eigenvalue weighted by atomic mass is 10.1. The molecule has 3 heterocycles. The Balaban J connectivity index is 1.52. The number of pyridine rings is 1. The van der Waals surface area contributed by atoms with Gasteiger partial charge in [-0.1, -0.05) is 23.8 Å². The Morgan fingerprint density at radius 1 is 1.23 bits per heavy atom. The van der Waals surface area contributed by atoms with Gasteiger partial charge in [-0.3, -0.25) is 14.4 Å². The minimum Gasteiger partial charge on any atom is -0.496 e. The first-order valence-corrected chi connectivity index (χ1v) is 11.3. The predicted octanol–water partition coefficient (Wildman–Crippen LogP) is 2.78. The van der Waals surface area contributed by atoms with E-state index in [1.165, 1.54) is 0 Å². The van der Waals surface area contributed by atoms with Crippen LogP contribution < -0.4 is 25.0 Å². The van der Waals surface area contributed by atoms with Crippen LogP contribution in [-0.4, -0.2) is 54.7 Å². The molecule has 3 aromatic rings. The third-order valence-corrected chi connectivity index (χ3v) is 5.78. The van der Waals surface area contributed by atoms with E-state index in [2.05, 4.69) is 21.9 Å². The number of hydrogen-bond acceptors (Lipinski definition) is 8. The van der Waals surface area contributed by atoms with Crippen LogP contribution in [0.3, 0.4) is 0 Å². The second-order valence-corrected chi connectivity index (χ2v) is 8.06. The molecule has 0 unspecified atom stereocenters. The highest BCUT2D eigenvalue weighted by Crippen LogP contribution is 2.33. The van der Waals surface area contributed by atoms with Crippen molar-refractivity contribution in [1.82, 2.24) is 14.8 Å². The van der Waals surface area contributed by atoms with E-state index in [-0.39, 0.29) is 6.73 Å². The zero-order valence-electron chi connectivity index (χ0n) is 20.4.